The van der Waals surface area contributed by atoms with Gasteiger partial charge in [-0.05, 0) is 18.2 Å². The number of aromatic nitrogens is 1. The average molecular weight is 401 g/mol. The standard InChI is InChI=1S/C18H18F3NO4S/c19-18(20,21)14-7-4-8-15(22-14)26-12-9-25-13(17(24)16(12)23)10-27-11-5-2-1-3-6-11/h1-8,12-13,16-17,23-24H,9-10H2/t12-,13+,16+,17-/m0/s1. The van der Waals surface area contributed by atoms with Crippen molar-refractivity contribution < 1.29 is 32.9 Å². The number of pyridine rings is 1. The maximum Gasteiger partial charge on any atom is 0.433 e. The van der Waals surface area contributed by atoms with Crippen LogP contribution >= 0.6 is 11.8 Å². The molecule has 0 spiro atoms. The minimum absolute atomic E-state index is 0.0732. The van der Waals surface area contributed by atoms with Crippen molar-refractivity contribution in [3.05, 3.63) is 54.2 Å². The SMILES string of the molecule is O[C@@H]1[C@H](O)[C@@H](Oc2cccc(C(F)(F)F)n2)CO[C@@H]1CSc1ccccc1. The number of nitrogens with zero attached hydrogens (tertiary/aromatic N) is 1. The molecule has 4 atom stereocenters. The summed E-state index contributed by atoms with van der Waals surface area (Å²) in [6.07, 6.45) is -8.78. The van der Waals surface area contributed by atoms with E-state index >= 15 is 0 Å². The van der Waals surface area contributed by atoms with Crippen molar-refractivity contribution in [2.75, 3.05) is 12.4 Å². The van der Waals surface area contributed by atoms with E-state index in [1.807, 2.05) is 30.3 Å². The molecule has 0 aliphatic carbocycles. The summed E-state index contributed by atoms with van der Waals surface area (Å²) in [7, 11) is 0. The fourth-order valence-corrected chi connectivity index (χ4v) is 3.59. The van der Waals surface area contributed by atoms with E-state index in [4.69, 9.17) is 9.47 Å². The van der Waals surface area contributed by atoms with Crippen molar-refractivity contribution >= 4 is 11.8 Å². The highest BCUT2D eigenvalue weighted by atomic mass is 32.2. The van der Waals surface area contributed by atoms with Gasteiger partial charge in [0.15, 0.2) is 6.10 Å². The molecule has 0 bridgehead atoms. The summed E-state index contributed by atoms with van der Waals surface area (Å²) in [5.74, 6) is 0.123. The summed E-state index contributed by atoms with van der Waals surface area (Å²) in [4.78, 5) is 4.39. The summed E-state index contributed by atoms with van der Waals surface area (Å²) < 4.78 is 49.1. The van der Waals surface area contributed by atoms with Gasteiger partial charge >= 0.3 is 6.18 Å². The van der Waals surface area contributed by atoms with Crippen LogP contribution in [0.1, 0.15) is 5.69 Å². The number of thioether (sulfide) groups is 1. The molecule has 0 amide bonds. The Morgan fingerprint density at radius 1 is 1.07 bits per heavy atom. The molecule has 27 heavy (non-hydrogen) atoms. The molecule has 9 heteroatoms. The van der Waals surface area contributed by atoms with Gasteiger partial charge in [0.2, 0.25) is 5.88 Å². The van der Waals surface area contributed by atoms with Gasteiger partial charge in [-0.15, -0.1) is 11.8 Å². The molecule has 0 saturated carbocycles. The highest BCUT2D eigenvalue weighted by Crippen LogP contribution is 2.30. The van der Waals surface area contributed by atoms with Gasteiger partial charge in [-0.25, -0.2) is 4.98 Å². The van der Waals surface area contributed by atoms with Gasteiger partial charge in [-0.2, -0.15) is 13.2 Å². The Balaban J connectivity index is 1.59. The maximum atomic E-state index is 12.7. The highest BCUT2D eigenvalue weighted by molar-refractivity contribution is 7.99. The molecule has 1 saturated heterocycles. The molecular formula is C18H18F3NO4S. The maximum absolute atomic E-state index is 12.7. The van der Waals surface area contributed by atoms with Gasteiger partial charge in [0.05, 0.1) is 12.7 Å². The monoisotopic (exact) mass is 401 g/mol. The van der Waals surface area contributed by atoms with Crippen molar-refractivity contribution in [3.63, 3.8) is 0 Å². The van der Waals surface area contributed by atoms with Crippen LogP contribution in [0, 0.1) is 0 Å². The van der Waals surface area contributed by atoms with Crippen LogP contribution in [0.5, 0.6) is 5.88 Å². The second-order valence-electron chi connectivity index (χ2n) is 5.99. The summed E-state index contributed by atoms with van der Waals surface area (Å²) in [6, 6.07) is 12.8. The van der Waals surface area contributed by atoms with Gasteiger partial charge in [0, 0.05) is 16.7 Å². The van der Waals surface area contributed by atoms with E-state index in [0.717, 1.165) is 17.0 Å². The van der Waals surface area contributed by atoms with Gasteiger partial charge < -0.3 is 19.7 Å². The molecule has 146 valence electrons. The number of benzene rings is 1. The van der Waals surface area contributed by atoms with Gasteiger partial charge in [-0.1, -0.05) is 24.3 Å². The molecule has 1 aromatic heterocycles. The van der Waals surface area contributed by atoms with E-state index in [9.17, 15) is 23.4 Å². The van der Waals surface area contributed by atoms with E-state index in [1.54, 1.807) is 0 Å². The van der Waals surface area contributed by atoms with Crippen LogP contribution in [0.4, 0.5) is 13.2 Å². The zero-order chi connectivity index (χ0) is 19.4. The topological polar surface area (TPSA) is 71.8 Å². The van der Waals surface area contributed by atoms with Crippen LogP contribution in [0.15, 0.2) is 53.4 Å². The lowest BCUT2D eigenvalue weighted by Crippen LogP contribution is -2.55. The molecule has 1 aromatic carbocycles. The molecule has 2 N–H and O–H groups in total. The number of hydrogen-bond acceptors (Lipinski definition) is 6. The van der Waals surface area contributed by atoms with E-state index in [1.165, 1.54) is 17.8 Å². The minimum atomic E-state index is -4.60. The Morgan fingerprint density at radius 2 is 1.81 bits per heavy atom. The minimum Gasteiger partial charge on any atom is -0.469 e. The summed E-state index contributed by atoms with van der Waals surface area (Å²) in [6.45, 7) is -0.0732. The zero-order valence-corrected chi connectivity index (χ0v) is 14.9. The summed E-state index contributed by atoms with van der Waals surface area (Å²) in [5, 5.41) is 20.6. The largest absolute Gasteiger partial charge is 0.469 e. The number of alkyl halides is 3. The predicted octanol–water partition coefficient (Wildman–Crippen LogP) is 2.76. The molecule has 2 heterocycles. The molecule has 3 rings (SSSR count). The van der Waals surface area contributed by atoms with Crippen molar-refractivity contribution in [1.82, 2.24) is 4.98 Å². The highest BCUT2D eigenvalue weighted by Gasteiger charge is 2.40. The number of rotatable bonds is 5. The lowest BCUT2D eigenvalue weighted by Gasteiger charge is -2.37. The van der Waals surface area contributed by atoms with Crippen molar-refractivity contribution in [2.45, 2.75) is 35.5 Å². The van der Waals surface area contributed by atoms with Crippen molar-refractivity contribution in [3.8, 4) is 5.88 Å². The number of halogens is 3. The molecule has 2 aromatic rings. The van der Waals surface area contributed by atoms with Gasteiger partial charge in [-0.3, -0.25) is 0 Å². The van der Waals surface area contributed by atoms with E-state index in [0.29, 0.717) is 5.75 Å². The normalized spacial score (nSPS) is 26.0. The Hall–Kier alpha value is -1.81. The molecule has 0 unspecified atom stereocenters. The Labute approximate surface area is 158 Å². The molecular weight excluding hydrogens is 383 g/mol. The van der Waals surface area contributed by atoms with Crippen LogP contribution in [0.25, 0.3) is 0 Å². The second-order valence-corrected chi connectivity index (χ2v) is 7.09. The smallest absolute Gasteiger partial charge is 0.433 e. The summed E-state index contributed by atoms with van der Waals surface area (Å²) in [5.41, 5.74) is -1.09. The number of aliphatic hydroxyl groups excluding tert-OH is 2. The predicted molar refractivity (Wildman–Crippen MR) is 92.6 cm³/mol. The molecule has 1 aliphatic rings. The van der Waals surface area contributed by atoms with Crippen molar-refractivity contribution in [1.29, 1.82) is 0 Å². The number of ether oxygens (including phenoxy) is 2. The third-order valence-corrected chi connectivity index (χ3v) is 5.13. The summed E-state index contributed by atoms with van der Waals surface area (Å²) >= 11 is 1.47. The van der Waals surface area contributed by atoms with Crippen LogP contribution < -0.4 is 4.74 Å². The third-order valence-electron chi connectivity index (χ3n) is 4.03. The van der Waals surface area contributed by atoms with Crippen LogP contribution in [0.3, 0.4) is 0 Å². The Morgan fingerprint density at radius 3 is 2.52 bits per heavy atom. The first kappa shape index (κ1) is 19.9. The zero-order valence-electron chi connectivity index (χ0n) is 14.0. The van der Waals surface area contributed by atoms with Gasteiger partial charge in [0.1, 0.15) is 17.9 Å². The molecule has 1 aliphatic heterocycles. The number of hydrogen-bond donors (Lipinski definition) is 2. The number of aliphatic hydroxyl groups is 2. The first-order valence-corrected chi connectivity index (χ1v) is 9.19. The second kappa shape index (κ2) is 8.47. The fraction of sp³-hybridized carbons (Fsp3) is 0.389. The lowest BCUT2D eigenvalue weighted by molar-refractivity contribution is -0.174. The molecule has 0 radical (unpaired) electrons. The van der Waals surface area contributed by atoms with Gasteiger partial charge in [0.25, 0.3) is 0 Å². The van der Waals surface area contributed by atoms with Crippen molar-refractivity contribution in [2.24, 2.45) is 0 Å². The molecule has 5 nitrogen and oxygen atoms in total. The first-order valence-electron chi connectivity index (χ1n) is 8.21. The molecule has 1 fully saturated rings. The van der Waals surface area contributed by atoms with Crippen LogP contribution in [0.2, 0.25) is 0 Å². The Bertz CT molecular complexity index is 747. The van der Waals surface area contributed by atoms with E-state index in [-0.39, 0.29) is 12.5 Å². The average Bonchev–Trinajstić information content (AvgIpc) is 2.65. The quantitative estimate of drug-likeness (QED) is 0.751. The fourth-order valence-electron chi connectivity index (χ4n) is 2.59. The van der Waals surface area contributed by atoms with Crippen LogP contribution in [-0.2, 0) is 10.9 Å². The van der Waals surface area contributed by atoms with Crippen LogP contribution in [-0.4, -0.2) is 52.0 Å². The first-order chi connectivity index (χ1) is 12.8. The lowest BCUT2D eigenvalue weighted by atomic mass is 10.0. The van der Waals surface area contributed by atoms with E-state index in [2.05, 4.69) is 4.98 Å². The third kappa shape index (κ3) is 5.13. The van der Waals surface area contributed by atoms with E-state index < -0.39 is 36.3 Å². The Kier molecular flexibility index (Phi) is 6.25.